The van der Waals surface area contributed by atoms with Crippen LogP contribution in [-0.2, 0) is 0 Å². The van der Waals surface area contributed by atoms with Crippen LogP contribution in [0.3, 0.4) is 0 Å². The van der Waals surface area contributed by atoms with Crippen molar-refractivity contribution in [3.05, 3.63) is 37.5 Å². The lowest BCUT2D eigenvalue weighted by atomic mass is 10.3. The molecule has 1 N–H and O–H groups in total. The van der Waals surface area contributed by atoms with E-state index < -0.39 is 11.0 Å². The Labute approximate surface area is 118 Å². The van der Waals surface area contributed by atoms with E-state index in [-0.39, 0.29) is 5.69 Å². The molecule has 0 aromatic carbocycles. The van der Waals surface area contributed by atoms with Crippen molar-refractivity contribution >= 4 is 28.6 Å². The van der Waals surface area contributed by atoms with Crippen LogP contribution in [0.25, 0.3) is 5.00 Å². The van der Waals surface area contributed by atoms with Gasteiger partial charge in [-0.3, -0.25) is 10.1 Å². The normalized spacial score (nSPS) is 12.7. The highest BCUT2D eigenvalue weighted by Gasteiger charge is 2.25. The Morgan fingerprint density at radius 3 is 2.63 bits per heavy atom. The lowest BCUT2D eigenvalue weighted by Crippen LogP contribution is -2.00. The number of halogens is 1. The van der Waals surface area contributed by atoms with E-state index in [1.54, 1.807) is 20.8 Å². The zero-order valence-electron chi connectivity index (χ0n) is 10.5. The average Bonchev–Trinajstić information content (AvgIpc) is 2.87. The van der Waals surface area contributed by atoms with Crippen LogP contribution < -0.4 is 0 Å². The maximum Gasteiger partial charge on any atom is 0.306 e. The standard InChI is InChI=1S/C11H12ClN3O3S/c1-5-10(12)6(2)14(13-5)11-8(15(17)18)4-9(19-11)7(3)16/h4,7,16H,1-3H3. The van der Waals surface area contributed by atoms with Gasteiger partial charge in [0, 0.05) is 10.9 Å². The Kier molecular flexibility index (Phi) is 3.62. The third-order valence-electron chi connectivity index (χ3n) is 2.72. The number of thiophene rings is 1. The van der Waals surface area contributed by atoms with Gasteiger partial charge in [0.2, 0.25) is 0 Å². The highest BCUT2D eigenvalue weighted by Crippen LogP contribution is 2.37. The molecule has 0 spiro atoms. The number of hydrogen-bond donors (Lipinski definition) is 1. The molecule has 2 aromatic rings. The first-order chi connectivity index (χ1) is 8.82. The fourth-order valence-electron chi connectivity index (χ4n) is 1.70. The minimum absolute atomic E-state index is 0.0804. The van der Waals surface area contributed by atoms with E-state index in [1.807, 2.05) is 0 Å². The third kappa shape index (κ3) is 2.36. The molecule has 8 heteroatoms. The number of nitro groups is 1. The topological polar surface area (TPSA) is 81.2 Å². The van der Waals surface area contributed by atoms with Crippen molar-refractivity contribution in [1.29, 1.82) is 0 Å². The molecule has 0 aliphatic carbocycles. The second-order valence-electron chi connectivity index (χ2n) is 4.17. The minimum atomic E-state index is -0.759. The zero-order valence-corrected chi connectivity index (χ0v) is 12.1. The molecule has 0 amide bonds. The van der Waals surface area contributed by atoms with E-state index in [1.165, 1.54) is 10.7 Å². The Hall–Kier alpha value is -1.44. The van der Waals surface area contributed by atoms with E-state index >= 15 is 0 Å². The van der Waals surface area contributed by atoms with Gasteiger partial charge in [0.1, 0.15) is 0 Å². The second-order valence-corrected chi connectivity index (χ2v) is 5.61. The van der Waals surface area contributed by atoms with E-state index in [9.17, 15) is 15.2 Å². The van der Waals surface area contributed by atoms with Gasteiger partial charge >= 0.3 is 5.69 Å². The molecule has 0 saturated heterocycles. The molecule has 0 aliphatic rings. The molecule has 0 fully saturated rings. The Bertz CT molecular complexity index is 648. The van der Waals surface area contributed by atoms with Crippen molar-refractivity contribution in [3.8, 4) is 5.00 Å². The molecule has 1 unspecified atom stereocenters. The fourth-order valence-corrected chi connectivity index (χ4v) is 2.88. The summed E-state index contributed by atoms with van der Waals surface area (Å²) in [7, 11) is 0. The van der Waals surface area contributed by atoms with Crippen molar-refractivity contribution in [2.45, 2.75) is 26.9 Å². The number of nitrogens with zero attached hydrogens (tertiary/aromatic N) is 3. The average molecular weight is 302 g/mol. The summed E-state index contributed by atoms with van der Waals surface area (Å²) in [6.45, 7) is 5.04. The van der Waals surface area contributed by atoms with Crippen molar-refractivity contribution in [2.24, 2.45) is 0 Å². The molecule has 0 aliphatic heterocycles. The van der Waals surface area contributed by atoms with E-state index in [2.05, 4.69) is 5.10 Å². The molecule has 2 aromatic heterocycles. The number of aliphatic hydroxyl groups excluding tert-OH is 1. The zero-order chi connectivity index (χ0) is 14.3. The lowest BCUT2D eigenvalue weighted by molar-refractivity contribution is -0.384. The number of rotatable bonds is 3. The van der Waals surface area contributed by atoms with Gasteiger partial charge in [0.05, 0.1) is 27.4 Å². The van der Waals surface area contributed by atoms with Crippen LogP contribution in [0.2, 0.25) is 5.02 Å². The molecular weight excluding hydrogens is 290 g/mol. The first-order valence-electron chi connectivity index (χ1n) is 5.51. The molecule has 19 heavy (non-hydrogen) atoms. The molecule has 0 radical (unpaired) electrons. The fraction of sp³-hybridized carbons (Fsp3) is 0.364. The highest BCUT2D eigenvalue weighted by molar-refractivity contribution is 7.15. The molecular formula is C11H12ClN3O3S. The van der Waals surface area contributed by atoms with Gasteiger partial charge in [0.15, 0.2) is 5.00 Å². The minimum Gasteiger partial charge on any atom is -0.388 e. The number of aryl methyl sites for hydroxylation is 1. The third-order valence-corrected chi connectivity index (χ3v) is 4.53. The van der Waals surface area contributed by atoms with Gasteiger partial charge in [0.25, 0.3) is 0 Å². The van der Waals surface area contributed by atoms with Crippen LogP contribution in [0.1, 0.15) is 29.3 Å². The van der Waals surface area contributed by atoms with Crippen LogP contribution >= 0.6 is 22.9 Å². The first kappa shape index (κ1) is 14.0. The molecule has 102 valence electrons. The Balaban J connectivity index is 2.66. The van der Waals surface area contributed by atoms with Crippen molar-refractivity contribution in [1.82, 2.24) is 9.78 Å². The summed E-state index contributed by atoms with van der Waals surface area (Å²) in [6, 6.07) is 1.37. The molecule has 6 nitrogen and oxygen atoms in total. The van der Waals surface area contributed by atoms with Crippen molar-refractivity contribution in [2.75, 3.05) is 0 Å². The summed E-state index contributed by atoms with van der Waals surface area (Å²) in [5, 5.41) is 25.7. The van der Waals surface area contributed by atoms with E-state index in [0.29, 0.717) is 26.3 Å². The van der Waals surface area contributed by atoms with Crippen LogP contribution in [0.5, 0.6) is 0 Å². The van der Waals surface area contributed by atoms with Crippen LogP contribution in [0.15, 0.2) is 6.07 Å². The van der Waals surface area contributed by atoms with Crippen molar-refractivity contribution in [3.63, 3.8) is 0 Å². The lowest BCUT2D eigenvalue weighted by Gasteiger charge is -2.00. The van der Waals surface area contributed by atoms with E-state index in [0.717, 1.165) is 11.3 Å². The molecule has 2 rings (SSSR count). The van der Waals surface area contributed by atoms with Crippen LogP contribution in [0, 0.1) is 24.0 Å². The largest absolute Gasteiger partial charge is 0.388 e. The number of aliphatic hydroxyl groups is 1. The quantitative estimate of drug-likeness (QED) is 0.697. The smallest absolute Gasteiger partial charge is 0.306 e. The highest BCUT2D eigenvalue weighted by atomic mass is 35.5. The summed E-state index contributed by atoms with van der Waals surface area (Å²) < 4.78 is 1.45. The molecule has 0 bridgehead atoms. The SMILES string of the molecule is Cc1nn(-c2sc(C(C)O)cc2[N+](=O)[O-])c(C)c1Cl. The van der Waals surface area contributed by atoms with Gasteiger partial charge < -0.3 is 5.11 Å². The monoisotopic (exact) mass is 301 g/mol. The van der Waals surface area contributed by atoms with Gasteiger partial charge in [-0.2, -0.15) is 5.10 Å². The predicted octanol–water partition coefficient (Wildman–Crippen LogP) is 3.17. The summed E-state index contributed by atoms with van der Waals surface area (Å²) in [5.74, 6) is 0. The van der Waals surface area contributed by atoms with Gasteiger partial charge in [-0.25, -0.2) is 4.68 Å². The summed E-state index contributed by atoms with van der Waals surface area (Å²) in [4.78, 5) is 11.1. The van der Waals surface area contributed by atoms with Crippen LogP contribution in [0.4, 0.5) is 5.69 Å². The van der Waals surface area contributed by atoms with E-state index in [4.69, 9.17) is 11.6 Å². The number of aromatic nitrogens is 2. The Morgan fingerprint density at radius 1 is 1.58 bits per heavy atom. The molecule has 0 saturated carbocycles. The number of hydrogen-bond acceptors (Lipinski definition) is 5. The van der Waals surface area contributed by atoms with Gasteiger partial charge in [-0.1, -0.05) is 11.6 Å². The molecule has 1 atom stereocenters. The molecule has 2 heterocycles. The second kappa shape index (κ2) is 4.92. The summed E-state index contributed by atoms with van der Waals surface area (Å²) >= 11 is 7.19. The first-order valence-corrected chi connectivity index (χ1v) is 6.70. The maximum absolute atomic E-state index is 11.1. The predicted molar refractivity (Wildman–Crippen MR) is 73.2 cm³/mol. The van der Waals surface area contributed by atoms with Crippen LogP contribution in [-0.4, -0.2) is 19.8 Å². The summed E-state index contributed by atoms with van der Waals surface area (Å²) in [6.07, 6.45) is -0.759. The maximum atomic E-state index is 11.1. The van der Waals surface area contributed by atoms with Gasteiger partial charge in [-0.05, 0) is 20.8 Å². The van der Waals surface area contributed by atoms with Crippen molar-refractivity contribution < 1.29 is 10.0 Å². The summed E-state index contributed by atoms with van der Waals surface area (Å²) in [5.41, 5.74) is 1.17. The Morgan fingerprint density at radius 2 is 2.21 bits per heavy atom. The van der Waals surface area contributed by atoms with Gasteiger partial charge in [-0.15, -0.1) is 11.3 Å².